The molecule has 0 heterocycles. The standard InChI is InChI=1S/C17H13BrFNO/c18-12-6-7-16(15(19)9-12)20-10-14-13-4-2-1-3-11(13)5-8-17(14)21/h1-9,20-21H,10H2. The van der Waals surface area contributed by atoms with Gasteiger partial charge in [-0.1, -0.05) is 46.3 Å². The third-order valence-electron chi connectivity index (χ3n) is 3.40. The van der Waals surface area contributed by atoms with Gasteiger partial charge in [-0.15, -0.1) is 0 Å². The Kier molecular flexibility index (Phi) is 3.80. The maximum Gasteiger partial charge on any atom is 0.147 e. The van der Waals surface area contributed by atoms with Crippen LogP contribution in [0.1, 0.15) is 5.56 Å². The molecule has 3 aromatic carbocycles. The zero-order valence-electron chi connectivity index (χ0n) is 11.1. The van der Waals surface area contributed by atoms with Crippen LogP contribution in [0.2, 0.25) is 0 Å². The first-order valence-electron chi connectivity index (χ1n) is 6.53. The summed E-state index contributed by atoms with van der Waals surface area (Å²) in [6.45, 7) is 0.353. The molecule has 0 fully saturated rings. The monoisotopic (exact) mass is 345 g/mol. The minimum absolute atomic E-state index is 0.207. The fourth-order valence-corrected chi connectivity index (χ4v) is 2.66. The lowest BCUT2D eigenvalue weighted by atomic mass is 10.0. The zero-order chi connectivity index (χ0) is 14.8. The molecule has 2 nitrogen and oxygen atoms in total. The van der Waals surface area contributed by atoms with Crippen LogP contribution in [0.25, 0.3) is 10.8 Å². The van der Waals surface area contributed by atoms with Gasteiger partial charge in [0.1, 0.15) is 11.6 Å². The SMILES string of the molecule is Oc1ccc2ccccc2c1CNc1ccc(Br)cc1F. The van der Waals surface area contributed by atoms with E-state index in [1.165, 1.54) is 6.07 Å². The molecule has 0 bridgehead atoms. The highest BCUT2D eigenvalue weighted by molar-refractivity contribution is 9.10. The van der Waals surface area contributed by atoms with Crippen molar-refractivity contribution >= 4 is 32.4 Å². The van der Waals surface area contributed by atoms with Crippen molar-refractivity contribution in [3.8, 4) is 5.75 Å². The van der Waals surface area contributed by atoms with Gasteiger partial charge < -0.3 is 10.4 Å². The number of aromatic hydroxyl groups is 1. The van der Waals surface area contributed by atoms with Crippen LogP contribution in [0.5, 0.6) is 5.75 Å². The Morgan fingerprint density at radius 2 is 1.86 bits per heavy atom. The molecule has 21 heavy (non-hydrogen) atoms. The number of halogens is 2. The highest BCUT2D eigenvalue weighted by Gasteiger charge is 2.08. The molecule has 4 heteroatoms. The second-order valence-corrected chi connectivity index (χ2v) is 5.68. The Morgan fingerprint density at radius 3 is 2.67 bits per heavy atom. The van der Waals surface area contributed by atoms with Gasteiger partial charge in [-0.3, -0.25) is 0 Å². The molecule has 0 saturated heterocycles. The van der Waals surface area contributed by atoms with E-state index in [0.717, 1.165) is 16.3 Å². The van der Waals surface area contributed by atoms with E-state index >= 15 is 0 Å². The lowest BCUT2D eigenvalue weighted by molar-refractivity contribution is 0.470. The average Bonchev–Trinajstić information content (AvgIpc) is 2.48. The third-order valence-corrected chi connectivity index (χ3v) is 3.90. The molecule has 0 amide bonds. The first-order valence-corrected chi connectivity index (χ1v) is 7.33. The summed E-state index contributed by atoms with van der Waals surface area (Å²) in [5.74, 6) is -0.122. The van der Waals surface area contributed by atoms with Crippen molar-refractivity contribution in [2.75, 3.05) is 5.32 Å². The Hall–Kier alpha value is -2.07. The Morgan fingerprint density at radius 1 is 1.05 bits per heavy atom. The first-order chi connectivity index (χ1) is 10.1. The number of phenolic OH excluding ortho intramolecular Hbond substituents is 1. The van der Waals surface area contributed by atoms with E-state index < -0.39 is 0 Å². The number of phenols is 1. The van der Waals surface area contributed by atoms with Crippen molar-refractivity contribution in [1.82, 2.24) is 0 Å². The lowest BCUT2D eigenvalue weighted by Gasteiger charge is -2.12. The minimum atomic E-state index is -0.330. The van der Waals surface area contributed by atoms with E-state index in [2.05, 4.69) is 21.2 Å². The van der Waals surface area contributed by atoms with Crippen LogP contribution in [0.15, 0.2) is 59.1 Å². The zero-order valence-corrected chi connectivity index (χ0v) is 12.7. The maximum atomic E-state index is 13.8. The van der Waals surface area contributed by atoms with Gasteiger partial charge in [-0.2, -0.15) is 0 Å². The van der Waals surface area contributed by atoms with Gasteiger partial charge in [0.15, 0.2) is 0 Å². The molecular weight excluding hydrogens is 333 g/mol. The fraction of sp³-hybridized carbons (Fsp3) is 0.0588. The van der Waals surface area contributed by atoms with Gasteiger partial charge in [0, 0.05) is 16.6 Å². The molecule has 0 aliphatic rings. The summed E-state index contributed by atoms with van der Waals surface area (Å²) in [5.41, 5.74) is 1.17. The van der Waals surface area contributed by atoms with Gasteiger partial charge in [0.2, 0.25) is 0 Å². The van der Waals surface area contributed by atoms with E-state index in [-0.39, 0.29) is 11.6 Å². The summed E-state index contributed by atoms with van der Waals surface area (Å²) in [5, 5.41) is 15.1. The van der Waals surface area contributed by atoms with Gasteiger partial charge in [-0.25, -0.2) is 4.39 Å². The summed E-state index contributed by atoms with van der Waals surface area (Å²) in [6.07, 6.45) is 0. The molecule has 2 N–H and O–H groups in total. The van der Waals surface area contributed by atoms with Gasteiger partial charge in [0.25, 0.3) is 0 Å². The van der Waals surface area contributed by atoms with Gasteiger partial charge in [-0.05, 0) is 35.0 Å². The first kappa shape index (κ1) is 13.9. The molecule has 0 saturated carbocycles. The van der Waals surface area contributed by atoms with E-state index in [9.17, 15) is 9.50 Å². The molecule has 0 spiro atoms. The number of rotatable bonds is 3. The molecule has 0 aliphatic heterocycles. The predicted molar refractivity (Wildman–Crippen MR) is 87.0 cm³/mol. The van der Waals surface area contributed by atoms with Crippen molar-refractivity contribution in [1.29, 1.82) is 0 Å². The molecular formula is C17H13BrFNO. The fourth-order valence-electron chi connectivity index (χ4n) is 2.33. The summed E-state index contributed by atoms with van der Waals surface area (Å²) < 4.78 is 14.5. The molecule has 3 rings (SSSR count). The Labute approximate surface area is 130 Å². The third kappa shape index (κ3) is 2.85. The van der Waals surface area contributed by atoms with Crippen LogP contribution < -0.4 is 5.32 Å². The summed E-state index contributed by atoms with van der Waals surface area (Å²) in [6, 6.07) is 16.2. The maximum absolute atomic E-state index is 13.8. The van der Waals surface area contributed by atoms with Crippen molar-refractivity contribution in [2.24, 2.45) is 0 Å². The van der Waals surface area contributed by atoms with Crippen molar-refractivity contribution in [2.45, 2.75) is 6.54 Å². The van der Waals surface area contributed by atoms with Gasteiger partial charge >= 0.3 is 0 Å². The van der Waals surface area contributed by atoms with Crippen molar-refractivity contribution in [3.05, 3.63) is 70.5 Å². The second-order valence-electron chi connectivity index (χ2n) is 4.76. The van der Waals surface area contributed by atoms with E-state index in [1.54, 1.807) is 18.2 Å². The van der Waals surface area contributed by atoms with E-state index in [1.807, 2.05) is 30.3 Å². The lowest BCUT2D eigenvalue weighted by Crippen LogP contribution is -2.02. The van der Waals surface area contributed by atoms with Crippen molar-refractivity contribution < 1.29 is 9.50 Å². The molecule has 3 aromatic rings. The van der Waals surface area contributed by atoms with Crippen LogP contribution in [-0.2, 0) is 6.54 Å². The number of benzene rings is 3. The number of hydrogen-bond donors (Lipinski definition) is 2. The largest absolute Gasteiger partial charge is 0.508 e. The molecule has 106 valence electrons. The quantitative estimate of drug-likeness (QED) is 0.695. The van der Waals surface area contributed by atoms with Gasteiger partial charge in [0.05, 0.1) is 5.69 Å². The van der Waals surface area contributed by atoms with Crippen molar-refractivity contribution in [3.63, 3.8) is 0 Å². The molecule has 0 aromatic heterocycles. The Bertz CT molecular complexity index is 804. The van der Waals surface area contributed by atoms with E-state index in [0.29, 0.717) is 16.7 Å². The number of fused-ring (bicyclic) bond motifs is 1. The van der Waals surface area contributed by atoms with Crippen LogP contribution in [0.3, 0.4) is 0 Å². The normalized spacial score (nSPS) is 10.8. The predicted octanol–water partition coefficient (Wildman–Crippen LogP) is 5.06. The van der Waals surface area contributed by atoms with Crippen LogP contribution in [-0.4, -0.2) is 5.11 Å². The minimum Gasteiger partial charge on any atom is -0.508 e. The highest BCUT2D eigenvalue weighted by Crippen LogP contribution is 2.28. The molecule has 0 radical (unpaired) electrons. The summed E-state index contributed by atoms with van der Waals surface area (Å²) in [7, 11) is 0. The topological polar surface area (TPSA) is 32.3 Å². The molecule has 0 unspecified atom stereocenters. The highest BCUT2D eigenvalue weighted by atomic mass is 79.9. The Balaban J connectivity index is 1.93. The second kappa shape index (κ2) is 5.74. The average molecular weight is 346 g/mol. The number of hydrogen-bond acceptors (Lipinski definition) is 2. The smallest absolute Gasteiger partial charge is 0.147 e. The number of nitrogens with one attached hydrogen (secondary N) is 1. The van der Waals surface area contributed by atoms with E-state index in [4.69, 9.17) is 0 Å². The summed E-state index contributed by atoms with van der Waals surface area (Å²) >= 11 is 3.23. The number of anilines is 1. The van der Waals surface area contributed by atoms with Crippen LogP contribution in [0, 0.1) is 5.82 Å². The van der Waals surface area contributed by atoms with Crippen LogP contribution >= 0.6 is 15.9 Å². The summed E-state index contributed by atoms with van der Waals surface area (Å²) in [4.78, 5) is 0. The molecule has 0 aliphatic carbocycles. The van der Waals surface area contributed by atoms with Crippen LogP contribution in [0.4, 0.5) is 10.1 Å². The molecule has 0 atom stereocenters.